The zero-order valence-corrected chi connectivity index (χ0v) is 9.99. The van der Waals surface area contributed by atoms with E-state index in [1.807, 2.05) is 6.92 Å². The normalized spacial score (nSPS) is 8.69. The van der Waals surface area contributed by atoms with Gasteiger partial charge in [-0.3, -0.25) is 9.59 Å². The van der Waals surface area contributed by atoms with Gasteiger partial charge in [0.15, 0.2) is 11.6 Å². The van der Waals surface area contributed by atoms with E-state index in [-0.39, 0.29) is 11.6 Å². The van der Waals surface area contributed by atoms with E-state index in [2.05, 4.69) is 11.7 Å². The summed E-state index contributed by atoms with van der Waals surface area (Å²) in [7, 11) is 0. The molecule has 0 fully saturated rings. The predicted molar refractivity (Wildman–Crippen MR) is 66.5 cm³/mol. The average Bonchev–Trinajstić information content (AvgIpc) is 2.29. The monoisotopic (exact) mass is 219 g/mol. The maximum atomic E-state index is 11.0. The third kappa shape index (κ3) is 4.64. The first-order valence-electron chi connectivity index (χ1n) is 5.08. The number of carbonyl (C=O) groups is 2. The summed E-state index contributed by atoms with van der Waals surface area (Å²) in [4.78, 5) is 25.5. The number of nitrogens with zero attached hydrogens (tertiary/aromatic N) is 1. The van der Waals surface area contributed by atoms with Gasteiger partial charge in [0.1, 0.15) is 0 Å². The highest BCUT2D eigenvalue weighted by Gasteiger charge is 2.08. The SMILES string of the molecule is C=NCC.CC(=O)c1ccccc1C(C)=O. The summed E-state index contributed by atoms with van der Waals surface area (Å²) in [6.07, 6.45) is 0. The Balaban J connectivity index is 0.000000487. The van der Waals surface area contributed by atoms with Crippen LogP contribution in [0.4, 0.5) is 0 Å². The molecule has 3 nitrogen and oxygen atoms in total. The first-order chi connectivity index (χ1) is 7.54. The van der Waals surface area contributed by atoms with E-state index in [0.29, 0.717) is 11.1 Å². The van der Waals surface area contributed by atoms with Gasteiger partial charge in [-0.25, -0.2) is 0 Å². The molecule has 0 unspecified atom stereocenters. The minimum Gasteiger partial charge on any atom is -0.301 e. The number of benzene rings is 1. The fraction of sp³-hybridized carbons (Fsp3) is 0.308. The van der Waals surface area contributed by atoms with E-state index >= 15 is 0 Å². The van der Waals surface area contributed by atoms with E-state index in [9.17, 15) is 9.59 Å². The molecule has 1 aromatic rings. The van der Waals surface area contributed by atoms with Crippen molar-refractivity contribution >= 4 is 18.3 Å². The molecule has 0 N–H and O–H groups in total. The number of ketones is 2. The highest BCUT2D eigenvalue weighted by atomic mass is 16.1. The van der Waals surface area contributed by atoms with Crippen LogP contribution in [-0.2, 0) is 0 Å². The van der Waals surface area contributed by atoms with Crippen LogP contribution in [0.25, 0.3) is 0 Å². The summed E-state index contributed by atoms with van der Waals surface area (Å²) in [5.74, 6) is -0.137. The number of hydrogen-bond donors (Lipinski definition) is 0. The Hall–Kier alpha value is -1.77. The second kappa shape index (κ2) is 7.51. The molecule has 0 spiro atoms. The van der Waals surface area contributed by atoms with Crippen LogP contribution in [0.3, 0.4) is 0 Å². The smallest absolute Gasteiger partial charge is 0.160 e. The van der Waals surface area contributed by atoms with E-state index in [4.69, 9.17) is 0 Å². The van der Waals surface area contributed by atoms with Gasteiger partial charge in [0.05, 0.1) is 0 Å². The third-order valence-corrected chi connectivity index (χ3v) is 1.91. The van der Waals surface area contributed by atoms with Crippen LogP contribution >= 0.6 is 0 Å². The highest BCUT2D eigenvalue weighted by Crippen LogP contribution is 2.09. The largest absolute Gasteiger partial charge is 0.301 e. The Morgan fingerprint density at radius 1 is 1.12 bits per heavy atom. The molecule has 0 radical (unpaired) electrons. The van der Waals surface area contributed by atoms with Crippen molar-refractivity contribution in [3.8, 4) is 0 Å². The van der Waals surface area contributed by atoms with Gasteiger partial charge in [-0.15, -0.1) is 0 Å². The van der Waals surface area contributed by atoms with Crippen LogP contribution in [0, 0.1) is 0 Å². The van der Waals surface area contributed by atoms with Crippen LogP contribution in [0.2, 0.25) is 0 Å². The summed E-state index contributed by atoms with van der Waals surface area (Å²) >= 11 is 0. The predicted octanol–water partition coefficient (Wildman–Crippen LogP) is 2.80. The molecule has 0 heterocycles. The lowest BCUT2D eigenvalue weighted by atomic mass is 10.0. The Morgan fingerprint density at radius 3 is 1.62 bits per heavy atom. The molecule has 0 amide bonds. The summed E-state index contributed by atoms with van der Waals surface area (Å²) in [6, 6.07) is 6.84. The third-order valence-electron chi connectivity index (χ3n) is 1.91. The second-order valence-corrected chi connectivity index (χ2v) is 3.20. The van der Waals surface area contributed by atoms with E-state index in [0.717, 1.165) is 6.54 Å². The van der Waals surface area contributed by atoms with Gasteiger partial charge in [0.2, 0.25) is 0 Å². The lowest BCUT2D eigenvalue weighted by Gasteiger charge is -2.00. The molecule has 0 aliphatic rings. The van der Waals surface area contributed by atoms with Gasteiger partial charge in [-0.2, -0.15) is 0 Å². The second-order valence-electron chi connectivity index (χ2n) is 3.20. The van der Waals surface area contributed by atoms with Crippen molar-refractivity contribution in [3.05, 3.63) is 35.4 Å². The van der Waals surface area contributed by atoms with Crippen molar-refractivity contribution in [2.24, 2.45) is 4.99 Å². The van der Waals surface area contributed by atoms with E-state index in [1.54, 1.807) is 24.3 Å². The molecule has 0 saturated carbocycles. The Morgan fingerprint density at radius 2 is 1.44 bits per heavy atom. The van der Waals surface area contributed by atoms with Crippen molar-refractivity contribution < 1.29 is 9.59 Å². The van der Waals surface area contributed by atoms with Crippen LogP contribution in [-0.4, -0.2) is 24.8 Å². The summed E-state index contributed by atoms with van der Waals surface area (Å²) in [6.45, 7) is 8.93. The molecule has 86 valence electrons. The van der Waals surface area contributed by atoms with Crippen LogP contribution in [0.1, 0.15) is 41.5 Å². The molecule has 0 atom stereocenters. The minimum absolute atomic E-state index is 0.0687. The number of rotatable bonds is 3. The average molecular weight is 219 g/mol. The highest BCUT2D eigenvalue weighted by molar-refractivity contribution is 6.07. The standard InChI is InChI=1S/C10H10O2.C3H7N/c1-7(11)9-5-3-4-6-10(9)8(2)12;1-3-4-2/h3-6H,1-2H3;2-3H2,1H3. The van der Waals surface area contributed by atoms with Gasteiger partial charge in [0.25, 0.3) is 0 Å². The first-order valence-corrected chi connectivity index (χ1v) is 5.08. The van der Waals surface area contributed by atoms with Crippen molar-refractivity contribution in [3.63, 3.8) is 0 Å². The Kier molecular flexibility index (Phi) is 6.68. The van der Waals surface area contributed by atoms with Gasteiger partial charge in [-0.05, 0) is 27.5 Å². The van der Waals surface area contributed by atoms with Crippen LogP contribution in [0.15, 0.2) is 29.3 Å². The number of carbonyl (C=O) groups excluding carboxylic acids is 2. The van der Waals surface area contributed by atoms with Gasteiger partial charge < -0.3 is 4.99 Å². The first kappa shape index (κ1) is 14.2. The Labute approximate surface area is 96.2 Å². The van der Waals surface area contributed by atoms with Crippen molar-refractivity contribution in [2.75, 3.05) is 6.54 Å². The zero-order valence-electron chi connectivity index (χ0n) is 9.99. The minimum atomic E-state index is -0.0687. The molecule has 0 bridgehead atoms. The maximum absolute atomic E-state index is 11.0. The molecule has 1 rings (SSSR count). The maximum Gasteiger partial charge on any atom is 0.160 e. The molecule has 0 aromatic heterocycles. The quantitative estimate of drug-likeness (QED) is 0.579. The van der Waals surface area contributed by atoms with Crippen molar-refractivity contribution in [1.29, 1.82) is 0 Å². The topological polar surface area (TPSA) is 46.5 Å². The summed E-state index contributed by atoms with van der Waals surface area (Å²) < 4.78 is 0. The number of hydrogen-bond acceptors (Lipinski definition) is 3. The van der Waals surface area contributed by atoms with Crippen molar-refractivity contribution in [2.45, 2.75) is 20.8 Å². The van der Waals surface area contributed by atoms with E-state index in [1.165, 1.54) is 13.8 Å². The lowest BCUT2D eigenvalue weighted by Crippen LogP contribution is -2.02. The zero-order chi connectivity index (χ0) is 12.6. The van der Waals surface area contributed by atoms with Crippen molar-refractivity contribution in [1.82, 2.24) is 0 Å². The molecular weight excluding hydrogens is 202 g/mol. The molecule has 16 heavy (non-hydrogen) atoms. The fourth-order valence-corrected chi connectivity index (χ4v) is 1.10. The van der Waals surface area contributed by atoms with Crippen LogP contribution in [0.5, 0.6) is 0 Å². The van der Waals surface area contributed by atoms with E-state index < -0.39 is 0 Å². The Bertz CT molecular complexity index is 350. The fourth-order valence-electron chi connectivity index (χ4n) is 1.10. The molecular formula is C13H17NO2. The molecule has 0 aliphatic carbocycles. The van der Waals surface area contributed by atoms with Gasteiger partial charge in [-0.1, -0.05) is 24.3 Å². The molecule has 3 heteroatoms. The van der Waals surface area contributed by atoms with Gasteiger partial charge in [0, 0.05) is 17.7 Å². The van der Waals surface area contributed by atoms with Gasteiger partial charge >= 0.3 is 0 Å². The number of aliphatic imine (C=N–C) groups is 1. The summed E-state index contributed by atoms with van der Waals surface area (Å²) in [5.41, 5.74) is 1.01. The molecule has 0 saturated heterocycles. The molecule has 0 aliphatic heterocycles. The summed E-state index contributed by atoms with van der Waals surface area (Å²) in [5, 5.41) is 0. The molecule has 1 aromatic carbocycles. The lowest BCUT2D eigenvalue weighted by molar-refractivity contribution is 0.0981. The number of Topliss-reactive ketones (excluding diaryl/α,β-unsaturated/α-hetero) is 2. The van der Waals surface area contributed by atoms with Crippen LogP contribution < -0.4 is 0 Å².